The first-order chi connectivity index (χ1) is 14.0. The van der Waals surface area contributed by atoms with E-state index in [0.717, 1.165) is 16.0 Å². The number of anilines is 1. The molecule has 0 unspecified atom stereocenters. The van der Waals surface area contributed by atoms with Crippen molar-refractivity contribution in [1.82, 2.24) is 9.88 Å². The summed E-state index contributed by atoms with van der Waals surface area (Å²) in [6, 6.07) is 17.8. The highest BCUT2D eigenvalue weighted by Gasteiger charge is 2.37. The third-order valence-electron chi connectivity index (χ3n) is 4.88. The number of nitrogens with zero attached hydrogens (tertiary/aromatic N) is 3. The molecule has 0 atom stereocenters. The van der Waals surface area contributed by atoms with Gasteiger partial charge in [-0.05, 0) is 42.8 Å². The smallest absolute Gasteiger partial charge is 0.262 e. The second-order valence-electron chi connectivity index (χ2n) is 6.92. The van der Waals surface area contributed by atoms with Gasteiger partial charge < -0.3 is 4.90 Å². The second kappa shape index (κ2) is 7.67. The molecule has 1 aliphatic rings. The zero-order valence-corrected chi connectivity index (χ0v) is 15.9. The highest BCUT2D eigenvalue weighted by Crippen LogP contribution is 2.24. The van der Waals surface area contributed by atoms with E-state index in [1.807, 2.05) is 37.3 Å². The molecule has 1 aliphatic heterocycles. The number of aryl methyl sites for hydroxylation is 1. The van der Waals surface area contributed by atoms with Crippen LogP contribution in [0.1, 0.15) is 31.8 Å². The van der Waals surface area contributed by atoms with Gasteiger partial charge in [-0.15, -0.1) is 0 Å². The molecule has 144 valence electrons. The van der Waals surface area contributed by atoms with Gasteiger partial charge in [-0.1, -0.05) is 35.9 Å². The SMILES string of the molecule is Cc1ccc(N(Cc2cccnc2)C(=O)CN2C(=O)c3ccccc3C2=O)cc1. The van der Waals surface area contributed by atoms with Crippen molar-refractivity contribution in [3.05, 3.63) is 95.3 Å². The number of pyridine rings is 1. The fourth-order valence-corrected chi connectivity index (χ4v) is 3.33. The van der Waals surface area contributed by atoms with E-state index in [-0.39, 0.29) is 12.5 Å². The van der Waals surface area contributed by atoms with Gasteiger partial charge in [-0.2, -0.15) is 0 Å². The summed E-state index contributed by atoms with van der Waals surface area (Å²) in [6.07, 6.45) is 3.36. The van der Waals surface area contributed by atoms with Gasteiger partial charge >= 0.3 is 0 Å². The third-order valence-corrected chi connectivity index (χ3v) is 4.88. The molecule has 0 bridgehead atoms. The van der Waals surface area contributed by atoms with Gasteiger partial charge in [0.15, 0.2) is 0 Å². The zero-order valence-electron chi connectivity index (χ0n) is 15.9. The van der Waals surface area contributed by atoms with Gasteiger partial charge in [0, 0.05) is 18.1 Å². The van der Waals surface area contributed by atoms with Crippen LogP contribution in [-0.4, -0.2) is 34.2 Å². The van der Waals surface area contributed by atoms with Gasteiger partial charge in [-0.25, -0.2) is 0 Å². The highest BCUT2D eigenvalue weighted by molar-refractivity contribution is 6.22. The quantitative estimate of drug-likeness (QED) is 0.633. The van der Waals surface area contributed by atoms with Crippen molar-refractivity contribution in [2.75, 3.05) is 11.4 Å². The fraction of sp³-hybridized carbons (Fsp3) is 0.130. The number of amides is 3. The summed E-state index contributed by atoms with van der Waals surface area (Å²) in [5.41, 5.74) is 3.28. The normalized spacial score (nSPS) is 12.8. The number of carbonyl (C=O) groups excluding carboxylic acids is 3. The first-order valence-corrected chi connectivity index (χ1v) is 9.26. The lowest BCUT2D eigenvalue weighted by Gasteiger charge is -2.25. The summed E-state index contributed by atoms with van der Waals surface area (Å²) < 4.78 is 0. The molecule has 6 heteroatoms. The largest absolute Gasteiger partial charge is 0.306 e. The van der Waals surface area contributed by atoms with Crippen molar-refractivity contribution in [2.45, 2.75) is 13.5 Å². The van der Waals surface area contributed by atoms with E-state index in [1.54, 1.807) is 47.6 Å². The maximum atomic E-state index is 13.2. The van der Waals surface area contributed by atoms with E-state index < -0.39 is 11.8 Å². The summed E-state index contributed by atoms with van der Waals surface area (Å²) in [6.45, 7) is 1.94. The van der Waals surface area contributed by atoms with Gasteiger partial charge in [0.25, 0.3) is 11.8 Å². The first kappa shape index (κ1) is 18.6. The molecular weight excluding hydrogens is 366 g/mol. The fourth-order valence-electron chi connectivity index (χ4n) is 3.33. The molecule has 2 heterocycles. The molecule has 0 N–H and O–H groups in total. The number of hydrogen-bond donors (Lipinski definition) is 0. The van der Waals surface area contributed by atoms with Crippen LogP contribution in [0, 0.1) is 6.92 Å². The monoisotopic (exact) mass is 385 g/mol. The molecule has 29 heavy (non-hydrogen) atoms. The van der Waals surface area contributed by atoms with Crippen LogP contribution in [0.25, 0.3) is 0 Å². The van der Waals surface area contributed by atoms with Crippen LogP contribution in [0.2, 0.25) is 0 Å². The van der Waals surface area contributed by atoms with Crippen LogP contribution in [0.3, 0.4) is 0 Å². The van der Waals surface area contributed by atoms with Crippen molar-refractivity contribution in [3.63, 3.8) is 0 Å². The van der Waals surface area contributed by atoms with Crippen LogP contribution < -0.4 is 4.90 Å². The summed E-state index contributed by atoms with van der Waals surface area (Å²) in [4.78, 5) is 45.1. The molecule has 3 aromatic rings. The molecule has 0 spiro atoms. The number of aromatic nitrogens is 1. The zero-order chi connectivity index (χ0) is 20.4. The summed E-state index contributed by atoms with van der Waals surface area (Å²) in [5, 5.41) is 0. The van der Waals surface area contributed by atoms with Gasteiger partial charge in [-0.3, -0.25) is 24.3 Å². The Morgan fingerprint density at radius 1 is 0.931 bits per heavy atom. The molecule has 3 amide bonds. The Bertz CT molecular complexity index is 1040. The van der Waals surface area contributed by atoms with E-state index >= 15 is 0 Å². The van der Waals surface area contributed by atoms with Crippen molar-refractivity contribution < 1.29 is 14.4 Å². The number of carbonyl (C=O) groups is 3. The van der Waals surface area contributed by atoms with E-state index in [4.69, 9.17) is 0 Å². The van der Waals surface area contributed by atoms with E-state index in [1.165, 1.54) is 0 Å². The van der Waals surface area contributed by atoms with Gasteiger partial charge in [0.1, 0.15) is 6.54 Å². The predicted octanol–water partition coefficient (Wildman–Crippen LogP) is 3.22. The average molecular weight is 385 g/mol. The first-order valence-electron chi connectivity index (χ1n) is 9.26. The minimum atomic E-state index is -0.441. The Balaban J connectivity index is 1.61. The van der Waals surface area contributed by atoms with E-state index in [2.05, 4.69) is 4.98 Å². The van der Waals surface area contributed by atoms with Crippen LogP contribution in [-0.2, 0) is 11.3 Å². The summed E-state index contributed by atoms with van der Waals surface area (Å²) in [5.74, 6) is -1.22. The lowest BCUT2D eigenvalue weighted by molar-refractivity contribution is -0.119. The molecule has 0 saturated carbocycles. The Hall–Kier alpha value is -3.80. The maximum Gasteiger partial charge on any atom is 0.262 e. The highest BCUT2D eigenvalue weighted by atomic mass is 16.2. The number of imide groups is 1. The van der Waals surface area contributed by atoms with Crippen molar-refractivity contribution >= 4 is 23.4 Å². The topological polar surface area (TPSA) is 70.6 Å². The number of rotatable bonds is 5. The van der Waals surface area contributed by atoms with Crippen molar-refractivity contribution in [3.8, 4) is 0 Å². The van der Waals surface area contributed by atoms with Crippen LogP contribution >= 0.6 is 0 Å². The molecule has 4 rings (SSSR count). The number of hydrogen-bond acceptors (Lipinski definition) is 4. The molecule has 0 fully saturated rings. The minimum absolute atomic E-state index is 0.291. The lowest BCUT2D eigenvalue weighted by atomic mass is 10.1. The number of benzene rings is 2. The molecule has 0 radical (unpaired) electrons. The summed E-state index contributed by atoms with van der Waals surface area (Å²) >= 11 is 0. The van der Waals surface area contributed by atoms with Crippen LogP contribution in [0.5, 0.6) is 0 Å². The Morgan fingerprint density at radius 2 is 1.59 bits per heavy atom. The Kier molecular flexibility index (Phi) is 4.91. The van der Waals surface area contributed by atoms with Crippen molar-refractivity contribution in [2.24, 2.45) is 0 Å². The van der Waals surface area contributed by atoms with E-state index in [0.29, 0.717) is 23.4 Å². The maximum absolute atomic E-state index is 13.2. The minimum Gasteiger partial charge on any atom is -0.306 e. The Morgan fingerprint density at radius 3 is 2.17 bits per heavy atom. The molecule has 0 aliphatic carbocycles. The Labute approximate surface area is 168 Å². The molecule has 2 aromatic carbocycles. The molecule has 1 aromatic heterocycles. The summed E-state index contributed by atoms with van der Waals surface area (Å²) in [7, 11) is 0. The van der Waals surface area contributed by atoms with Crippen LogP contribution in [0.4, 0.5) is 5.69 Å². The average Bonchev–Trinajstić information content (AvgIpc) is 2.98. The molecular formula is C23H19N3O3. The third kappa shape index (κ3) is 3.65. The van der Waals surface area contributed by atoms with Gasteiger partial charge in [0.2, 0.25) is 5.91 Å². The molecule has 6 nitrogen and oxygen atoms in total. The van der Waals surface area contributed by atoms with Crippen molar-refractivity contribution in [1.29, 1.82) is 0 Å². The van der Waals surface area contributed by atoms with Gasteiger partial charge in [0.05, 0.1) is 17.7 Å². The molecule has 0 saturated heterocycles. The second-order valence-corrected chi connectivity index (χ2v) is 6.92. The van der Waals surface area contributed by atoms with Crippen LogP contribution in [0.15, 0.2) is 73.1 Å². The number of fused-ring (bicyclic) bond motifs is 1. The predicted molar refractivity (Wildman–Crippen MR) is 108 cm³/mol. The van der Waals surface area contributed by atoms with E-state index in [9.17, 15) is 14.4 Å². The lowest BCUT2D eigenvalue weighted by Crippen LogP contribution is -2.42. The standard InChI is InChI=1S/C23H19N3O3/c1-16-8-10-18(11-9-16)25(14-17-5-4-12-24-13-17)21(27)15-26-22(28)19-6-2-3-7-20(19)23(26)29/h2-13H,14-15H2,1H3.